The van der Waals surface area contributed by atoms with Crippen LogP contribution < -0.4 is 21.3 Å². The smallest absolute Gasteiger partial charge is 0.366 e. The number of hydrogen-bond donors (Lipinski definition) is 3. The Morgan fingerprint density at radius 1 is 1.03 bits per heavy atom. The van der Waals surface area contributed by atoms with Crippen molar-refractivity contribution >= 4 is 46.1 Å². The summed E-state index contributed by atoms with van der Waals surface area (Å²) in [5, 5.41) is 5.71. The van der Waals surface area contributed by atoms with Crippen LogP contribution in [0.4, 0.5) is 51.8 Å². The summed E-state index contributed by atoms with van der Waals surface area (Å²) in [5.74, 6) is -1.01. The molecule has 0 radical (unpaired) electrons. The Labute approximate surface area is 220 Å². The second-order valence-corrected chi connectivity index (χ2v) is 8.83. The Kier molecular flexibility index (Phi) is 6.65. The highest BCUT2D eigenvalue weighted by Gasteiger charge is 2.37. The number of amides is 2. The quantitative estimate of drug-likeness (QED) is 0.239. The van der Waals surface area contributed by atoms with Crippen LogP contribution in [0.1, 0.15) is 27.0 Å². The summed E-state index contributed by atoms with van der Waals surface area (Å²) in [6.07, 6.45) is -3.87. The van der Waals surface area contributed by atoms with E-state index in [-0.39, 0.29) is 40.6 Å². The highest BCUT2D eigenvalue weighted by Crippen LogP contribution is 2.45. The molecule has 3 aromatic carbocycles. The lowest BCUT2D eigenvalue weighted by Gasteiger charge is -2.30. The number of benzene rings is 3. The van der Waals surface area contributed by atoms with Crippen LogP contribution in [0.25, 0.3) is 0 Å². The monoisotopic (exact) mass is 535 g/mol. The van der Waals surface area contributed by atoms with E-state index in [1.807, 2.05) is 0 Å². The van der Waals surface area contributed by atoms with Crippen LogP contribution in [0.15, 0.2) is 79.0 Å². The summed E-state index contributed by atoms with van der Waals surface area (Å²) >= 11 is 0. The lowest BCUT2D eigenvalue weighted by Crippen LogP contribution is -2.22. The summed E-state index contributed by atoms with van der Waals surface area (Å²) in [7, 11) is 0. The molecule has 4 N–H and O–H groups in total. The van der Waals surface area contributed by atoms with E-state index in [4.69, 9.17) is 5.73 Å². The molecule has 11 heteroatoms. The summed E-state index contributed by atoms with van der Waals surface area (Å²) in [5.41, 5.74) is 6.41. The van der Waals surface area contributed by atoms with Crippen LogP contribution in [0.3, 0.4) is 0 Å². The van der Waals surface area contributed by atoms with Crippen LogP contribution in [0.5, 0.6) is 0 Å². The van der Waals surface area contributed by atoms with Gasteiger partial charge in [0.2, 0.25) is 5.91 Å². The highest BCUT2D eigenvalue weighted by atomic mass is 19.4. The number of fused-ring (bicyclic) bond motifs is 1. The minimum Gasteiger partial charge on any atom is -0.366 e. The summed E-state index contributed by atoms with van der Waals surface area (Å²) < 4.78 is 56.3. The average Bonchev–Trinajstić information content (AvgIpc) is 3.28. The number of pyridine rings is 1. The standard InChI is InChI=1S/C28H21F4N5O2/c29-14-16-6-9-23(20(10-16)27(33)39)37(19-4-2-1-3-5-19)24-13-25(34-15-21(24)28(30,31)32)35-18-8-7-17-11-26(38)36-22(17)12-18/h1-10,12-13,15H,11,14H2,(H2,33,39)(H,34,35)(H,36,38). The number of hydrogen-bond acceptors (Lipinski definition) is 5. The van der Waals surface area contributed by atoms with E-state index in [0.717, 1.165) is 5.56 Å². The third kappa shape index (κ3) is 5.24. The fourth-order valence-corrected chi connectivity index (χ4v) is 4.40. The molecule has 1 aliphatic heterocycles. The summed E-state index contributed by atoms with van der Waals surface area (Å²) in [4.78, 5) is 29.3. The van der Waals surface area contributed by atoms with Crippen molar-refractivity contribution in [3.8, 4) is 0 Å². The van der Waals surface area contributed by atoms with Gasteiger partial charge < -0.3 is 21.3 Å². The molecule has 0 unspecified atom stereocenters. The van der Waals surface area contributed by atoms with Gasteiger partial charge in [0.15, 0.2) is 0 Å². The Bertz CT molecular complexity index is 1570. The van der Waals surface area contributed by atoms with Gasteiger partial charge in [-0.15, -0.1) is 0 Å². The van der Waals surface area contributed by atoms with Gasteiger partial charge in [0.1, 0.15) is 12.5 Å². The number of carbonyl (C=O) groups is 2. The molecule has 198 valence electrons. The van der Waals surface area contributed by atoms with Gasteiger partial charge in [-0.25, -0.2) is 9.37 Å². The Morgan fingerprint density at radius 3 is 2.49 bits per heavy atom. The Balaban J connectivity index is 1.68. The predicted molar refractivity (Wildman–Crippen MR) is 139 cm³/mol. The minimum atomic E-state index is -4.81. The normalized spacial score (nSPS) is 12.6. The molecule has 0 fully saturated rings. The number of para-hydroxylation sites is 1. The van der Waals surface area contributed by atoms with Gasteiger partial charge in [-0.05, 0) is 47.5 Å². The van der Waals surface area contributed by atoms with Crippen LogP contribution in [-0.4, -0.2) is 16.8 Å². The maximum atomic E-state index is 14.3. The van der Waals surface area contributed by atoms with Gasteiger partial charge in [0, 0.05) is 29.3 Å². The SMILES string of the molecule is NC(=O)c1cc(CF)ccc1N(c1ccccc1)c1cc(Nc2ccc3c(c2)NC(=O)C3)ncc1C(F)(F)F. The first-order valence-corrected chi connectivity index (χ1v) is 11.7. The van der Waals surface area contributed by atoms with Crippen LogP contribution in [0, 0.1) is 0 Å². The van der Waals surface area contributed by atoms with Crippen molar-refractivity contribution in [1.82, 2.24) is 4.98 Å². The van der Waals surface area contributed by atoms with Gasteiger partial charge in [0.05, 0.1) is 28.9 Å². The van der Waals surface area contributed by atoms with E-state index < -0.39 is 24.3 Å². The molecule has 39 heavy (non-hydrogen) atoms. The van der Waals surface area contributed by atoms with Crippen molar-refractivity contribution in [3.05, 3.63) is 101 Å². The first-order valence-electron chi connectivity index (χ1n) is 11.7. The average molecular weight is 536 g/mol. The van der Waals surface area contributed by atoms with Crippen molar-refractivity contribution in [3.63, 3.8) is 0 Å². The fraction of sp³-hybridized carbons (Fsp3) is 0.107. The zero-order valence-electron chi connectivity index (χ0n) is 20.2. The van der Waals surface area contributed by atoms with E-state index in [2.05, 4.69) is 15.6 Å². The summed E-state index contributed by atoms with van der Waals surface area (Å²) in [6.45, 7) is -0.885. The number of carbonyl (C=O) groups excluding carboxylic acids is 2. The fourth-order valence-electron chi connectivity index (χ4n) is 4.40. The van der Waals surface area contributed by atoms with Crippen molar-refractivity contribution < 1.29 is 27.2 Å². The van der Waals surface area contributed by atoms with Crippen molar-refractivity contribution in [1.29, 1.82) is 0 Å². The topological polar surface area (TPSA) is 100 Å². The molecule has 0 saturated heterocycles. The van der Waals surface area contributed by atoms with Crippen LogP contribution >= 0.6 is 0 Å². The van der Waals surface area contributed by atoms with Crippen LogP contribution in [-0.2, 0) is 24.1 Å². The number of rotatable bonds is 7. The third-order valence-corrected chi connectivity index (χ3v) is 6.17. The van der Waals surface area contributed by atoms with Crippen molar-refractivity contribution in [2.24, 2.45) is 5.73 Å². The number of primary amides is 1. The van der Waals surface area contributed by atoms with Crippen molar-refractivity contribution in [2.75, 3.05) is 15.5 Å². The molecular formula is C28H21F4N5O2. The number of halogens is 4. The van der Waals surface area contributed by atoms with E-state index in [9.17, 15) is 27.2 Å². The minimum absolute atomic E-state index is 0.0359. The lowest BCUT2D eigenvalue weighted by molar-refractivity contribution is -0.137. The van der Waals surface area contributed by atoms with Crippen LogP contribution in [0.2, 0.25) is 0 Å². The van der Waals surface area contributed by atoms with E-state index in [1.165, 1.54) is 29.2 Å². The van der Waals surface area contributed by atoms with Crippen molar-refractivity contribution in [2.45, 2.75) is 19.3 Å². The molecule has 0 saturated carbocycles. The van der Waals surface area contributed by atoms with E-state index >= 15 is 0 Å². The lowest BCUT2D eigenvalue weighted by atomic mass is 10.0. The van der Waals surface area contributed by atoms with Gasteiger partial charge in [-0.1, -0.05) is 30.3 Å². The molecule has 7 nitrogen and oxygen atoms in total. The number of aromatic nitrogens is 1. The second-order valence-electron chi connectivity index (χ2n) is 8.83. The molecule has 4 aromatic rings. The van der Waals surface area contributed by atoms with E-state index in [0.29, 0.717) is 23.3 Å². The number of nitrogens with two attached hydrogens (primary N) is 1. The maximum absolute atomic E-state index is 14.3. The van der Waals surface area contributed by atoms with Gasteiger partial charge in [0.25, 0.3) is 5.91 Å². The first kappa shape index (κ1) is 25.7. The Hall–Kier alpha value is -4.93. The predicted octanol–water partition coefficient (Wildman–Crippen LogP) is 6.38. The number of alkyl halides is 4. The molecule has 0 bridgehead atoms. The molecule has 2 amide bonds. The largest absolute Gasteiger partial charge is 0.419 e. The summed E-state index contributed by atoms with van der Waals surface area (Å²) in [6, 6.07) is 18.4. The zero-order chi connectivity index (χ0) is 27.7. The second kappa shape index (κ2) is 10.1. The molecule has 0 aliphatic carbocycles. The van der Waals surface area contributed by atoms with Gasteiger partial charge >= 0.3 is 6.18 Å². The molecule has 1 aromatic heterocycles. The molecule has 0 spiro atoms. The highest BCUT2D eigenvalue weighted by molar-refractivity contribution is 6.02. The molecule has 0 atom stereocenters. The molecular weight excluding hydrogens is 514 g/mol. The maximum Gasteiger partial charge on any atom is 0.419 e. The van der Waals surface area contributed by atoms with Gasteiger partial charge in [-0.3, -0.25) is 9.59 Å². The third-order valence-electron chi connectivity index (χ3n) is 6.17. The van der Waals surface area contributed by atoms with E-state index in [1.54, 1.807) is 48.5 Å². The first-order chi connectivity index (χ1) is 18.6. The number of nitrogens with one attached hydrogen (secondary N) is 2. The van der Waals surface area contributed by atoms with Gasteiger partial charge in [-0.2, -0.15) is 13.2 Å². The molecule has 1 aliphatic rings. The molecule has 5 rings (SSSR count). The Morgan fingerprint density at radius 2 is 1.79 bits per heavy atom. The zero-order valence-corrected chi connectivity index (χ0v) is 20.2. The molecule has 2 heterocycles. The number of anilines is 6. The number of nitrogens with zero attached hydrogens (tertiary/aromatic N) is 2.